The Morgan fingerprint density at radius 2 is 2.15 bits per heavy atom. The third-order valence-electron chi connectivity index (χ3n) is 4.85. The third kappa shape index (κ3) is 3.49. The number of nitro groups is 1. The van der Waals surface area contributed by atoms with E-state index in [1.54, 1.807) is 38.0 Å². The molecule has 2 aromatic rings. The van der Waals surface area contributed by atoms with Crippen LogP contribution in [0, 0.1) is 24.0 Å². The van der Waals surface area contributed by atoms with Gasteiger partial charge in [-0.2, -0.15) is 5.10 Å². The summed E-state index contributed by atoms with van der Waals surface area (Å²) >= 11 is 6.31. The molecule has 1 aliphatic heterocycles. The van der Waals surface area contributed by atoms with Crippen LogP contribution in [0.15, 0.2) is 12.1 Å². The molecular formula is C18H21ClN4O4. The molecule has 0 radical (unpaired) electrons. The number of anilines is 1. The number of carbonyl (C=O) groups is 1. The van der Waals surface area contributed by atoms with Crippen molar-refractivity contribution in [1.82, 2.24) is 9.78 Å². The minimum atomic E-state index is -0.441. The molecular weight excluding hydrogens is 372 g/mol. The highest BCUT2D eigenvalue weighted by Crippen LogP contribution is 2.40. The fraction of sp³-hybridized carbons (Fsp3) is 0.444. The standard InChI is InChI=1S/C18H21ClN4O4/c1-11-17(23(25)26)12(2)22(20-11)10-8-16(24)21-9-4-5-13-14(19)6-7-15(27-3)18(13)21/h6-7H,4-5,8-10H2,1-3H3. The van der Waals surface area contributed by atoms with Crippen LogP contribution in [-0.2, 0) is 17.8 Å². The van der Waals surface area contributed by atoms with Crippen LogP contribution >= 0.6 is 11.6 Å². The van der Waals surface area contributed by atoms with E-state index in [4.69, 9.17) is 16.3 Å². The molecule has 0 spiro atoms. The molecule has 2 heterocycles. The molecule has 27 heavy (non-hydrogen) atoms. The van der Waals surface area contributed by atoms with Crippen LogP contribution in [0.5, 0.6) is 5.75 Å². The first-order valence-corrected chi connectivity index (χ1v) is 9.07. The molecule has 144 valence electrons. The number of aryl methyl sites for hydroxylation is 2. The lowest BCUT2D eigenvalue weighted by molar-refractivity contribution is -0.386. The first-order chi connectivity index (χ1) is 12.8. The van der Waals surface area contributed by atoms with Crippen molar-refractivity contribution in [1.29, 1.82) is 0 Å². The smallest absolute Gasteiger partial charge is 0.312 e. The van der Waals surface area contributed by atoms with E-state index in [1.165, 1.54) is 4.68 Å². The Morgan fingerprint density at radius 1 is 1.41 bits per heavy atom. The fourth-order valence-corrected chi connectivity index (χ4v) is 3.82. The van der Waals surface area contributed by atoms with E-state index in [0.717, 1.165) is 24.1 Å². The van der Waals surface area contributed by atoms with Gasteiger partial charge < -0.3 is 9.64 Å². The summed E-state index contributed by atoms with van der Waals surface area (Å²) in [7, 11) is 1.57. The molecule has 8 nitrogen and oxygen atoms in total. The zero-order chi connectivity index (χ0) is 19.7. The van der Waals surface area contributed by atoms with Crippen molar-refractivity contribution in [2.45, 2.75) is 39.7 Å². The Balaban J connectivity index is 1.82. The maximum absolute atomic E-state index is 12.9. The Morgan fingerprint density at radius 3 is 2.78 bits per heavy atom. The predicted octanol–water partition coefficient (Wildman–Crippen LogP) is 3.44. The average molecular weight is 393 g/mol. The van der Waals surface area contributed by atoms with Crippen molar-refractivity contribution in [3.63, 3.8) is 0 Å². The van der Waals surface area contributed by atoms with Crippen LogP contribution in [0.3, 0.4) is 0 Å². The van der Waals surface area contributed by atoms with Gasteiger partial charge in [0.25, 0.3) is 0 Å². The van der Waals surface area contributed by atoms with Gasteiger partial charge in [-0.3, -0.25) is 19.6 Å². The lowest BCUT2D eigenvalue weighted by Crippen LogP contribution is -2.36. The molecule has 0 saturated carbocycles. The monoisotopic (exact) mass is 392 g/mol. The molecule has 1 aromatic heterocycles. The Hall–Kier alpha value is -2.61. The Labute approximate surface area is 161 Å². The van der Waals surface area contributed by atoms with Crippen LogP contribution in [0.4, 0.5) is 11.4 Å². The highest BCUT2D eigenvalue weighted by atomic mass is 35.5. The number of rotatable bonds is 5. The molecule has 0 aliphatic carbocycles. The maximum atomic E-state index is 12.9. The van der Waals surface area contributed by atoms with E-state index >= 15 is 0 Å². The topological polar surface area (TPSA) is 90.5 Å². The number of halogens is 1. The predicted molar refractivity (Wildman–Crippen MR) is 102 cm³/mol. The molecule has 0 saturated heterocycles. The van der Waals surface area contributed by atoms with Crippen LogP contribution in [0.1, 0.15) is 29.8 Å². The molecule has 0 atom stereocenters. The SMILES string of the molecule is COc1ccc(Cl)c2c1N(C(=O)CCn1nc(C)c([N+](=O)[O-])c1C)CCC2. The van der Waals surface area contributed by atoms with E-state index < -0.39 is 4.92 Å². The van der Waals surface area contributed by atoms with E-state index in [2.05, 4.69) is 5.10 Å². The van der Waals surface area contributed by atoms with Crippen molar-refractivity contribution in [3.8, 4) is 5.75 Å². The number of fused-ring (bicyclic) bond motifs is 1. The maximum Gasteiger partial charge on any atom is 0.312 e. The molecule has 1 aromatic carbocycles. The Kier molecular flexibility index (Phi) is 5.36. The zero-order valence-corrected chi connectivity index (χ0v) is 16.2. The van der Waals surface area contributed by atoms with Gasteiger partial charge in [-0.1, -0.05) is 11.6 Å². The minimum absolute atomic E-state index is 0.000724. The molecule has 0 bridgehead atoms. The fourth-order valence-electron chi connectivity index (χ4n) is 3.57. The summed E-state index contributed by atoms with van der Waals surface area (Å²) in [6.45, 7) is 4.09. The number of hydrogen-bond donors (Lipinski definition) is 0. The number of hydrogen-bond acceptors (Lipinski definition) is 5. The first-order valence-electron chi connectivity index (χ1n) is 8.69. The van der Waals surface area contributed by atoms with Crippen LogP contribution in [0.2, 0.25) is 5.02 Å². The lowest BCUT2D eigenvalue weighted by atomic mass is 10.0. The highest BCUT2D eigenvalue weighted by molar-refractivity contribution is 6.32. The van der Waals surface area contributed by atoms with E-state index in [0.29, 0.717) is 28.7 Å². The van der Waals surface area contributed by atoms with Crippen LogP contribution in [-0.4, -0.2) is 34.3 Å². The summed E-state index contributed by atoms with van der Waals surface area (Å²) in [5, 5.41) is 16.0. The average Bonchev–Trinajstić information content (AvgIpc) is 2.93. The van der Waals surface area contributed by atoms with Gasteiger partial charge in [0.1, 0.15) is 17.1 Å². The second kappa shape index (κ2) is 7.56. The van der Waals surface area contributed by atoms with Gasteiger partial charge in [0.15, 0.2) is 0 Å². The molecule has 3 rings (SSSR count). The Bertz CT molecular complexity index is 909. The summed E-state index contributed by atoms with van der Waals surface area (Å²) in [4.78, 5) is 25.3. The van der Waals surface area contributed by atoms with E-state index in [9.17, 15) is 14.9 Å². The number of carbonyl (C=O) groups excluding carboxylic acids is 1. The van der Waals surface area contributed by atoms with Gasteiger partial charge >= 0.3 is 5.69 Å². The van der Waals surface area contributed by atoms with Gasteiger partial charge in [0.2, 0.25) is 5.91 Å². The second-order valence-corrected chi connectivity index (χ2v) is 6.88. The van der Waals surface area contributed by atoms with Gasteiger partial charge in [0, 0.05) is 18.0 Å². The van der Waals surface area contributed by atoms with Crippen LogP contribution in [0.25, 0.3) is 0 Å². The number of benzene rings is 1. The quantitative estimate of drug-likeness (QED) is 0.574. The van der Waals surface area contributed by atoms with Crippen molar-refractivity contribution >= 4 is 28.9 Å². The van der Waals surface area contributed by atoms with Gasteiger partial charge in [-0.15, -0.1) is 0 Å². The molecule has 0 fully saturated rings. The summed E-state index contributed by atoms with van der Waals surface area (Å²) in [6.07, 6.45) is 1.78. The summed E-state index contributed by atoms with van der Waals surface area (Å²) in [5.74, 6) is 0.524. The van der Waals surface area contributed by atoms with Crippen molar-refractivity contribution in [2.75, 3.05) is 18.6 Å². The number of methoxy groups -OCH3 is 1. The number of amides is 1. The lowest BCUT2D eigenvalue weighted by Gasteiger charge is -2.31. The molecule has 0 N–H and O–H groups in total. The summed E-state index contributed by atoms with van der Waals surface area (Å²) in [5.41, 5.74) is 2.43. The van der Waals surface area contributed by atoms with E-state index in [1.807, 2.05) is 0 Å². The van der Waals surface area contributed by atoms with Crippen LogP contribution < -0.4 is 9.64 Å². The summed E-state index contributed by atoms with van der Waals surface area (Å²) in [6, 6.07) is 3.54. The molecule has 0 unspecified atom stereocenters. The largest absolute Gasteiger partial charge is 0.495 e. The van der Waals surface area contributed by atoms with Gasteiger partial charge in [-0.25, -0.2) is 0 Å². The van der Waals surface area contributed by atoms with Gasteiger partial charge in [-0.05, 0) is 44.4 Å². The van der Waals surface area contributed by atoms with Gasteiger partial charge in [0.05, 0.1) is 24.3 Å². The minimum Gasteiger partial charge on any atom is -0.495 e. The van der Waals surface area contributed by atoms with Crippen molar-refractivity contribution in [2.24, 2.45) is 0 Å². The second-order valence-electron chi connectivity index (χ2n) is 6.48. The number of nitrogens with zero attached hydrogens (tertiary/aromatic N) is 4. The first kappa shape index (κ1) is 19.2. The molecule has 9 heteroatoms. The molecule has 1 aliphatic rings. The summed E-state index contributed by atoms with van der Waals surface area (Å²) < 4.78 is 6.95. The van der Waals surface area contributed by atoms with Crippen molar-refractivity contribution < 1.29 is 14.5 Å². The van der Waals surface area contributed by atoms with Crippen molar-refractivity contribution in [3.05, 3.63) is 44.2 Å². The molecule has 1 amide bonds. The normalized spacial score (nSPS) is 13.4. The number of aromatic nitrogens is 2. The number of ether oxygens (including phenoxy) is 1. The highest BCUT2D eigenvalue weighted by Gasteiger charge is 2.28. The zero-order valence-electron chi connectivity index (χ0n) is 15.5. The third-order valence-corrected chi connectivity index (χ3v) is 5.21. The van der Waals surface area contributed by atoms with E-state index in [-0.39, 0.29) is 24.6 Å².